The van der Waals surface area contributed by atoms with Gasteiger partial charge in [0.1, 0.15) is 11.9 Å². The Kier molecular flexibility index (Phi) is 3.10. The van der Waals surface area contributed by atoms with Gasteiger partial charge >= 0.3 is 5.97 Å². The van der Waals surface area contributed by atoms with E-state index in [9.17, 15) is 19.5 Å². The molecule has 2 atom stereocenters. The number of rotatable bonds is 2. The maximum atomic E-state index is 12.5. The fraction of sp³-hybridized carbons (Fsp3) is 0.267. The molecule has 6 heteroatoms. The third-order valence-electron chi connectivity index (χ3n) is 3.58. The van der Waals surface area contributed by atoms with Crippen molar-refractivity contribution in [2.75, 3.05) is 7.11 Å². The van der Waals surface area contributed by atoms with Gasteiger partial charge in [-0.15, -0.1) is 0 Å². The maximum absolute atomic E-state index is 12.5. The second kappa shape index (κ2) is 4.82. The summed E-state index contributed by atoms with van der Waals surface area (Å²) in [5, 5.41) is 9.79. The molecular formula is C15H12O6. The molecule has 1 aliphatic heterocycles. The van der Waals surface area contributed by atoms with Crippen molar-refractivity contribution in [3.63, 3.8) is 0 Å². The topological polar surface area (TPSA) is 89.9 Å². The zero-order valence-electron chi connectivity index (χ0n) is 11.2. The number of allylic oxidation sites excluding steroid dienone is 1. The Balaban J connectivity index is 2.07. The average Bonchev–Trinajstić information content (AvgIpc) is 2.80. The van der Waals surface area contributed by atoms with E-state index in [1.54, 1.807) is 12.1 Å². The van der Waals surface area contributed by atoms with E-state index in [4.69, 9.17) is 9.47 Å². The maximum Gasteiger partial charge on any atom is 0.309 e. The number of hydrogen-bond acceptors (Lipinski definition) is 6. The van der Waals surface area contributed by atoms with E-state index in [1.165, 1.54) is 13.2 Å². The summed E-state index contributed by atoms with van der Waals surface area (Å²) in [6, 6.07) is 4.70. The number of cyclic esters (lactones) is 1. The van der Waals surface area contributed by atoms with Crippen molar-refractivity contribution < 1.29 is 29.0 Å². The van der Waals surface area contributed by atoms with E-state index in [0.29, 0.717) is 5.75 Å². The number of esters is 1. The van der Waals surface area contributed by atoms with Gasteiger partial charge in [0.25, 0.3) is 0 Å². The molecule has 21 heavy (non-hydrogen) atoms. The molecule has 108 valence electrons. The Morgan fingerprint density at radius 2 is 2.05 bits per heavy atom. The van der Waals surface area contributed by atoms with E-state index in [-0.39, 0.29) is 23.1 Å². The van der Waals surface area contributed by atoms with Gasteiger partial charge in [-0.1, -0.05) is 12.1 Å². The first kappa shape index (κ1) is 13.5. The van der Waals surface area contributed by atoms with Crippen LogP contribution in [0.4, 0.5) is 0 Å². The van der Waals surface area contributed by atoms with E-state index < -0.39 is 29.7 Å². The summed E-state index contributed by atoms with van der Waals surface area (Å²) in [7, 11) is 1.41. The summed E-state index contributed by atoms with van der Waals surface area (Å²) in [5.41, 5.74) is 0.374. The number of aliphatic hydroxyl groups excluding tert-OH is 1. The molecule has 0 bridgehead atoms. The van der Waals surface area contributed by atoms with Gasteiger partial charge in [0.05, 0.1) is 19.1 Å². The number of carbonyl (C=O) groups is 3. The van der Waals surface area contributed by atoms with Crippen LogP contribution in [-0.2, 0) is 9.53 Å². The number of ether oxygens (including phenoxy) is 2. The van der Waals surface area contributed by atoms with E-state index >= 15 is 0 Å². The molecule has 2 aliphatic rings. The summed E-state index contributed by atoms with van der Waals surface area (Å²) in [6.07, 6.45) is -1.28. The molecule has 0 unspecified atom stereocenters. The van der Waals surface area contributed by atoms with Gasteiger partial charge in [-0.3, -0.25) is 14.4 Å². The van der Waals surface area contributed by atoms with Crippen LogP contribution in [-0.4, -0.2) is 42.0 Å². The first-order valence-corrected chi connectivity index (χ1v) is 6.38. The van der Waals surface area contributed by atoms with Crippen molar-refractivity contribution in [3.05, 3.63) is 41.0 Å². The smallest absolute Gasteiger partial charge is 0.309 e. The summed E-state index contributed by atoms with van der Waals surface area (Å²) in [4.78, 5) is 35.9. The van der Waals surface area contributed by atoms with Gasteiger partial charge in [-0.2, -0.15) is 0 Å². The average molecular weight is 288 g/mol. The Bertz CT molecular complexity index is 687. The number of hydrogen-bond donors (Lipinski definition) is 1. The lowest BCUT2D eigenvalue weighted by molar-refractivity contribution is -0.140. The zero-order chi connectivity index (χ0) is 15.1. The van der Waals surface area contributed by atoms with Gasteiger partial charge in [0, 0.05) is 11.1 Å². The highest BCUT2D eigenvalue weighted by molar-refractivity contribution is 6.26. The molecule has 0 spiro atoms. The predicted octanol–water partition coefficient (Wildman–Crippen LogP) is 0.677. The number of aliphatic hydroxyl groups is 1. The second-order valence-corrected chi connectivity index (χ2v) is 4.86. The van der Waals surface area contributed by atoms with Crippen LogP contribution in [0.3, 0.4) is 0 Å². The Morgan fingerprint density at radius 1 is 1.29 bits per heavy atom. The molecule has 1 aromatic carbocycles. The molecule has 0 radical (unpaired) electrons. The predicted molar refractivity (Wildman–Crippen MR) is 70.2 cm³/mol. The first-order valence-electron chi connectivity index (χ1n) is 6.38. The molecule has 3 rings (SSSR count). The minimum absolute atomic E-state index is 0.000830. The molecule has 1 heterocycles. The summed E-state index contributed by atoms with van der Waals surface area (Å²) in [6.45, 7) is 0. The summed E-state index contributed by atoms with van der Waals surface area (Å²) in [5.74, 6) is -1.13. The Morgan fingerprint density at radius 3 is 2.67 bits per heavy atom. The quantitative estimate of drug-likeness (QED) is 0.805. The molecule has 0 aromatic heterocycles. The van der Waals surface area contributed by atoms with E-state index in [1.807, 2.05) is 0 Å². The molecule has 1 aliphatic carbocycles. The molecular weight excluding hydrogens is 276 g/mol. The molecule has 0 amide bonds. The third-order valence-corrected chi connectivity index (χ3v) is 3.58. The molecule has 6 nitrogen and oxygen atoms in total. The Labute approximate surface area is 120 Å². The summed E-state index contributed by atoms with van der Waals surface area (Å²) >= 11 is 0. The van der Waals surface area contributed by atoms with Crippen molar-refractivity contribution in [1.82, 2.24) is 0 Å². The Hall–Kier alpha value is -2.47. The van der Waals surface area contributed by atoms with Crippen LogP contribution in [0.1, 0.15) is 27.1 Å². The van der Waals surface area contributed by atoms with Gasteiger partial charge < -0.3 is 14.6 Å². The van der Waals surface area contributed by atoms with Gasteiger partial charge in [0.2, 0.25) is 0 Å². The van der Waals surface area contributed by atoms with Gasteiger partial charge in [0.15, 0.2) is 17.7 Å². The van der Waals surface area contributed by atoms with Gasteiger partial charge in [-0.05, 0) is 12.1 Å². The number of methoxy groups -OCH3 is 1. The van der Waals surface area contributed by atoms with Crippen molar-refractivity contribution in [3.8, 4) is 5.75 Å². The molecule has 1 fully saturated rings. The number of ketones is 2. The van der Waals surface area contributed by atoms with Crippen LogP contribution in [0.2, 0.25) is 0 Å². The number of benzene rings is 1. The van der Waals surface area contributed by atoms with Crippen LogP contribution in [0.25, 0.3) is 0 Å². The number of carbonyl (C=O) groups excluding carboxylic acids is 3. The SMILES string of the molecule is COc1cccc2c1C(=O)C=C([C@@H]1OC(=O)C[C@@H]1O)C2=O. The van der Waals surface area contributed by atoms with Crippen molar-refractivity contribution in [1.29, 1.82) is 0 Å². The minimum Gasteiger partial charge on any atom is -0.496 e. The van der Waals surface area contributed by atoms with E-state index in [2.05, 4.69) is 0 Å². The van der Waals surface area contributed by atoms with Crippen LogP contribution in [0.5, 0.6) is 5.75 Å². The van der Waals surface area contributed by atoms with E-state index in [0.717, 1.165) is 6.08 Å². The number of Topliss-reactive ketones (excluding diaryl/α,β-unsaturated/α-hetero) is 1. The van der Waals surface area contributed by atoms with Crippen LogP contribution in [0.15, 0.2) is 29.8 Å². The standard InChI is InChI=1S/C15H12O6/c1-20-11-4-2-3-7-13(11)9(16)5-8(14(7)19)15-10(17)6-12(18)21-15/h2-5,10,15,17H,6H2,1H3/t10-,15-/m0/s1. The van der Waals surface area contributed by atoms with Crippen LogP contribution < -0.4 is 4.74 Å². The second-order valence-electron chi connectivity index (χ2n) is 4.86. The fourth-order valence-corrected chi connectivity index (χ4v) is 2.61. The van der Waals surface area contributed by atoms with Crippen LogP contribution in [0, 0.1) is 0 Å². The first-order chi connectivity index (χ1) is 10.0. The third kappa shape index (κ3) is 2.04. The highest BCUT2D eigenvalue weighted by Gasteiger charge is 2.41. The highest BCUT2D eigenvalue weighted by atomic mass is 16.6. The lowest BCUT2D eigenvalue weighted by Crippen LogP contribution is -2.31. The van der Waals surface area contributed by atoms with Crippen molar-refractivity contribution >= 4 is 17.5 Å². The lowest BCUT2D eigenvalue weighted by Gasteiger charge is -2.21. The fourth-order valence-electron chi connectivity index (χ4n) is 2.61. The summed E-state index contributed by atoms with van der Waals surface area (Å²) < 4.78 is 10.0. The van der Waals surface area contributed by atoms with Crippen LogP contribution >= 0.6 is 0 Å². The minimum atomic E-state index is -1.12. The monoisotopic (exact) mass is 288 g/mol. The normalized spacial score (nSPS) is 24.5. The molecule has 1 N–H and O–H groups in total. The molecule has 1 aromatic rings. The van der Waals surface area contributed by atoms with Crippen molar-refractivity contribution in [2.45, 2.75) is 18.6 Å². The number of fused-ring (bicyclic) bond motifs is 1. The van der Waals surface area contributed by atoms with Gasteiger partial charge in [-0.25, -0.2) is 0 Å². The largest absolute Gasteiger partial charge is 0.496 e. The highest BCUT2D eigenvalue weighted by Crippen LogP contribution is 2.33. The molecule has 1 saturated heterocycles. The van der Waals surface area contributed by atoms with Crippen molar-refractivity contribution in [2.24, 2.45) is 0 Å². The zero-order valence-corrected chi connectivity index (χ0v) is 11.2. The molecule has 0 saturated carbocycles. The lowest BCUT2D eigenvalue weighted by atomic mass is 9.85.